The maximum Gasteiger partial charge on any atom is 0.241 e. The summed E-state index contributed by atoms with van der Waals surface area (Å²) >= 11 is 0. The molecule has 0 saturated carbocycles. The average Bonchev–Trinajstić information content (AvgIpc) is 2.49. The smallest absolute Gasteiger partial charge is 0.241 e. The second-order valence-electron chi connectivity index (χ2n) is 4.70. The molecule has 0 fully saturated rings. The molecule has 0 saturated heterocycles. The van der Waals surface area contributed by atoms with Crippen LogP contribution >= 0.6 is 24.8 Å². The van der Waals surface area contributed by atoms with Gasteiger partial charge in [0.15, 0.2) is 0 Å². The van der Waals surface area contributed by atoms with E-state index in [1.807, 2.05) is 19.1 Å². The number of nitrogens with zero attached hydrogens (tertiary/aromatic N) is 1. The average molecular weight is 358 g/mol. The van der Waals surface area contributed by atoms with Gasteiger partial charge in [-0.15, -0.1) is 24.8 Å². The van der Waals surface area contributed by atoms with Crippen molar-refractivity contribution in [3.8, 4) is 11.5 Å². The topological polar surface area (TPSA) is 77.2 Å². The lowest BCUT2D eigenvalue weighted by Crippen LogP contribution is -2.35. The van der Waals surface area contributed by atoms with E-state index in [9.17, 15) is 4.79 Å². The van der Waals surface area contributed by atoms with Crippen LogP contribution in [0.5, 0.6) is 11.5 Å². The summed E-state index contributed by atoms with van der Waals surface area (Å²) in [6.45, 7) is 2.00. The van der Waals surface area contributed by atoms with Crippen molar-refractivity contribution < 1.29 is 9.53 Å². The molecule has 1 heterocycles. The summed E-state index contributed by atoms with van der Waals surface area (Å²) in [5.74, 6) is 1.15. The Bertz CT molecular complexity index is 597. The van der Waals surface area contributed by atoms with E-state index in [1.165, 1.54) is 0 Å². The molecule has 1 aromatic carbocycles. The number of hydrogen-bond donors (Lipinski definition) is 2. The van der Waals surface area contributed by atoms with Gasteiger partial charge < -0.3 is 15.8 Å². The predicted octanol–water partition coefficient (Wildman–Crippen LogP) is 3.78. The molecule has 0 aliphatic heterocycles. The zero-order valence-electron chi connectivity index (χ0n) is 12.8. The Kier molecular flexibility index (Phi) is 9.97. The van der Waals surface area contributed by atoms with Crippen LogP contribution in [0, 0.1) is 0 Å². The Balaban J connectivity index is 0.00000242. The van der Waals surface area contributed by atoms with E-state index >= 15 is 0 Å². The van der Waals surface area contributed by atoms with Crippen molar-refractivity contribution in [1.82, 2.24) is 4.98 Å². The normalized spacial score (nSPS) is 10.7. The van der Waals surface area contributed by atoms with E-state index in [2.05, 4.69) is 10.3 Å². The molecule has 1 atom stereocenters. The van der Waals surface area contributed by atoms with Gasteiger partial charge >= 0.3 is 0 Å². The largest absolute Gasteiger partial charge is 0.457 e. The summed E-state index contributed by atoms with van der Waals surface area (Å²) in [4.78, 5) is 15.8. The summed E-state index contributed by atoms with van der Waals surface area (Å²) in [6.07, 6.45) is 4.86. The zero-order valence-corrected chi connectivity index (χ0v) is 14.4. The molecule has 3 N–H and O–H groups in total. The number of amides is 1. The van der Waals surface area contributed by atoms with Gasteiger partial charge in [-0.1, -0.05) is 19.4 Å². The maximum atomic E-state index is 11.9. The lowest BCUT2D eigenvalue weighted by atomic mass is 10.1. The number of ether oxygens (including phenoxy) is 1. The minimum Gasteiger partial charge on any atom is -0.457 e. The molecule has 0 spiro atoms. The highest BCUT2D eigenvalue weighted by molar-refractivity contribution is 5.94. The summed E-state index contributed by atoms with van der Waals surface area (Å²) < 4.78 is 5.69. The van der Waals surface area contributed by atoms with Crippen molar-refractivity contribution in [2.24, 2.45) is 5.73 Å². The number of hydrogen-bond acceptors (Lipinski definition) is 4. The number of aromatic nitrogens is 1. The minimum absolute atomic E-state index is 0. The van der Waals surface area contributed by atoms with Crippen LogP contribution in [0.25, 0.3) is 0 Å². The number of pyridine rings is 1. The highest BCUT2D eigenvalue weighted by Crippen LogP contribution is 2.23. The van der Waals surface area contributed by atoms with E-state index < -0.39 is 6.04 Å². The van der Waals surface area contributed by atoms with Gasteiger partial charge in [-0.3, -0.25) is 9.78 Å². The van der Waals surface area contributed by atoms with Crippen molar-refractivity contribution in [2.75, 3.05) is 5.32 Å². The molecule has 5 nitrogen and oxygen atoms in total. The molecule has 0 aliphatic rings. The Morgan fingerprint density at radius 2 is 1.91 bits per heavy atom. The fraction of sp³-hybridized carbons (Fsp3) is 0.250. The van der Waals surface area contributed by atoms with E-state index in [1.54, 1.807) is 36.7 Å². The number of rotatable bonds is 6. The number of nitrogens with two attached hydrogens (primary N) is 1. The summed E-state index contributed by atoms with van der Waals surface area (Å²) in [6, 6.07) is 10.2. The first-order valence-electron chi connectivity index (χ1n) is 6.93. The van der Waals surface area contributed by atoms with Crippen molar-refractivity contribution in [3.05, 3.63) is 48.8 Å². The van der Waals surface area contributed by atoms with Crippen LogP contribution < -0.4 is 15.8 Å². The third-order valence-corrected chi connectivity index (χ3v) is 2.92. The SMILES string of the molecule is CCCC(N)C(=O)Nc1cccc(Oc2ccncc2)c1.Cl.Cl. The molecular formula is C16H21Cl2N3O2. The molecule has 126 valence electrons. The molecule has 0 aliphatic carbocycles. The monoisotopic (exact) mass is 357 g/mol. The summed E-state index contributed by atoms with van der Waals surface area (Å²) in [5.41, 5.74) is 6.45. The van der Waals surface area contributed by atoms with E-state index in [0.29, 0.717) is 23.6 Å². The molecule has 1 aromatic heterocycles. The van der Waals surface area contributed by atoms with Crippen LogP contribution in [0.1, 0.15) is 19.8 Å². The molecule has 1 amide bonds. The van der Waals surface area contributed by atoms with E-state index in [4.69, 9.17) is 10.5 Å². The third-order valence-electron chi connectivity index (χ3n) is 2.92. The fourth-order valence-corrected chi connectivity index (χ4v) is 1.86. The maximum absolute atomic E-state index is 11.9. The van der Waals surface area contributed by atoms with Gasteiger partial charge in [0, 0.05) is 24.1 Å². The van der Waals surface area contributed by atoms with Gasteiger partial charge in [0.25, 0.3) is 0 Å². The zero-order chi connectivity index (χ0) is 15.1. The number of anilines is 1. The van der Waals surface area contributed by atoms with Crippen LogP contribution in [0.4, 0.5) is 5.69 Å². The van der Waals surface area contributed by atoms with Gasteiger partial charge in [0.1, 0.15) is 11.5 Å². The van der Waals surface area contributed by atoms with Crippen LogP contribution in [-0.4, -0.2) is 16.9 Å². The van der Waals surface area contributed by atoms with Crippen LogP contribution in [0.3, 0.4) is 0 Å². The second kappa shape index (κ2) is 10.8. The van der Waals surface area contributed by atoms with Crippen LogP contribution in [0.2, 0.25) is 0 Å². The Morgan fingerprint density at radius 3 is 2.57 bits per heavy atom. The first kappa shape index (κ1) is 21.2. The van der Waals surface area contributed by atoms with Gasteiger partial charge in [0.05, 0.1) is 6.04 Å². The van der Waals surface area contributed by atoms with E-state index in [-0.39, 0.29) is 30.7 Å². The van der Waals surface area contributed by atoms with Crippen LogP contribution in [-0.2, 0) is 4.79 Å². The lowest BCUT2D eigenvalue weighted by Gasteiger charge is -2.12. The number of benzene rings is 1. The van der Waals surface area contributed by atoms with Crippen LogP contribution in [0.15, 0.2) is 48.8 Å². The number of halogens is 2. The molecular weight excluding hydrogens is 337 g/mol. The Labute approximate surface area is 148 Å². The summed E-state index contributed by atoms with van der Waals surface area (Å²) in [5, 5.41) is 2.80. The predicted molar refractivity (Wildman–Crippen MR) is 96.8 cm³/mol. The lowest BCUT2D eigenvalue weighted by molar-refractivity contribution is -0.117. The molecule has 2 aromatic rings. The molecule has 7 heteroatoms. The molecule has 23 heavy (non-hydrogen) atoms. The molecule has 1 unspecified atom stereocenters. The van der Waals surface area contributed by atoms with Crippen molar-refractivity contribution in [2.45, 2.75) is 25.8 Å². The highest BCUT2D eigenvalue weighted by atomic mass is 35.5. The Morgan fingerprint density at radius 1 is 1.22 bits per heavy atom. The number of nitrogens with one attached hydrogen (secondary N) is 1. The number of carbonyl (C=O) groups is 1. The van der Waals surface area contributed by atoms with Crippen molar-refractivity contribution >= 4 is 36.4 Å². The Hall–Kier alpha value is -1.82. The molecule has 2 rings (SSSR count). The van der Waals surface area contributed by atoms with Gasteiger partial charge in [-0.05, 0) is 30.7 Å². The minimum atomic E-state index is -0.486. The molecule has 0 radical (unpaired) electrons. The van der Waals surface area contributed by atoms with Gasteiger partial charge in [0.2, 0.25) is 5.91 Å². The third kappa shape index (κ3) is 6.86. The fourth-order valence-electron chi connectivity index (χ4n) is 1.86. The van der Waals surface area contributed by atoms with Gasteiger partial charge in [-0.25, -0.2) is 0 Å². The van der Waals surface area contributed by atoms with Gasteiger partial charge in [-0.2, -0.15) is 0 Å². The first-order chi connectivity index (χ1) is 10.2. The number of carbonyl (C=O) groups excluding carboxylic acids is 1. The summed E-state index contributed by atoms with van der Waals surface area (Å²) in [7, 11) is 0. The quantitative estimate of drug-likeness (QED) is 0.824. The standard InChI is InChI=1S/C16H19N3O2.2ClH/c1-2-4-15(17)16(20)19-12-5-3-6-14(11-12)21-13-7-9-18-10-8-13;;/h3,5-11,15H,2,4,17H2,1H3,(H,19,20);2*1H. The second-order valence-corrected chi connectivity index (χ2v) is 4.70. The van der Waals surface area contributed by atoms with Crippen molar-refractivity contribution in [1.29, 1.82) is 0 Å². The molecule has 0 bridgehead atoms. The van der Waals surface area contributed by atoms with Crippen molar-refractivity contribution in [3.63, 3.8) is 0 Å². The van der Waals surface area contributed by atoms with E-state index in [0.717, 1.165) is 6.42 Å². The highest BCUT2D eigenvalue weighted by Gasteiger charge is 2.12. The first-order valence-corrected chi connectivity index (χ1v) is 6.93.